The molecule has 1 saturated heterocycles. The minimum atomic E-state index is -4.78. The fourth-order valence-electron chi connectivity index (χ4n) is 3.56. The molecule has 4 atom stereocenters. The molecule has 3 heterocycles. The van der Waals surface area contributed by atoms with Crippen LogP contribution in [0.5, 0.6) is 0 Å². The number of halogens is 3. The maximum Gasteiger partial charge on any atom is 0.340 e. The Kier molecular flexibility index (Phi) is 7.82. The van der Waals surface area contributed by atoms with Gasteiger partial charge in [0, 0.05) is 18.0 Å². The van der Waals surface area contributed by atoms with Gasteiger partial charge in [0.15, 0.2) is 29.1 Å². The second kappa shape index (κ2) is 10.4. The topological polar surface area (TPSA) is 169 Å². The molecule has 1 aliphatic rings. The van der Waals surface area contributed by atoms with Gasteiger partial charge in [-0.25, -0.2) is 9.37 Å². The molecule has 0 spiro atoms. The standard InChI is InChI=1S/C18H20Cl2FN5O7P2/c19-11-3-1-2-10(4-11)6-22-15-14-16(25-18(20)24-15)26(8-23-14)17-13(21)5-12(33-17)7-32-35(30,31)9-34(27,28)29/h1-4,8,12-13,17H,5-7,9H2,(H,30,31)(H,22,24,25)(H2,27,28,29)/t12-,13-,17+/m0/s1. The first-order valence-corrected chi connectivity index (χ1v) is 14.4. The minimum absolute atomic E-state index is 0.111. The molecule has 0 aliphatic carbocycles. The van der Waals surface area contributed by atoms with E-state index in [2.05, 4.69) is 20.3 Å². The van der Waals surface area contributed by atoms with Crippen LogP contribution in [0.3, 0.4) is 0 Å². The Morgan fingerprint density at radius 2 is 2.03 bits per heavy atom. The molecular formula is C18H20Cl2FN5O7P2. The maximum atomic E-state index is 14.8. The van der Waals surface area contributed by atoms with Crippen LogP contribution in [-0.4, -0.2) is 59.0 Å². The lowest BCUT2D eigenvalue weighted by Crippen LogP contribution is -2.17. The zero-order chi connectivity index (χ0) is 25.4. The van der Waals surface area contributed by atoms with Crippen molar-refractivity contribution in [1.82, 2.24) is 19.5 Å². The lowest BCUT2D eigenvalue weighted by molar-refractivity contribution is -0.0324. The van der Waals surface area contributed by atoms with E-state index in [0.717, 1.165) is 5.56 Å². The highest BCUT2D eigenvalue weighted by atomic mass is 35.5. The second-order valence-corrected chi connectivity index (χ2v) is 12.6. The molecule has 4 N–H and O–H groups in total. The van der Waals surface area contributed by atoms with Crippen LogP contribution in [0.2, 0.25) is 10.3 Å². The van der Waals surface area contributed by atoms with Gasteiger partial charge in [0.05, 0.1) is 19.0 Å². The van der Waals surface area contributed by atoms with E-state index < -0.39 is 46.2 Å². The van der Waals surface area contributed by atoms with Crippen molar-refractivity contribution in [1.29, 1.82) is 0 Å². The third kappa shape index (κ3) is 6.76. The molecule has 4 rings (SSSR count). The van der Waals surface area contributed by atoms with Gasteiger partial charge in [-0.05, 0) is 29.3 Å². The summed E-state index contributed by atoms with van der Waals surface area (Å²) >= 11 is 12.1. The van der Waals surface area contributed by atoms with Gasteiger partial charge in [0.1, 0.15) is 6.17 Å². The number of benzene rings is 1. The molecule has 1 unspecified atom stereocenters. The van der Waals surface area contributed by atoms with E-state index in [4.69, 9.17) is 42.2 Å². The number of ether oxygens (including phenoxy) is 1. The number of alkyl halides is 1. The monoisotopic (exact) mass is 569 g/mol. The molecule has 0 saturated carbocycles. The van der Waals surface area contributed by atoms with Crippen molar-refractivity contribution in [3.63, 3.8) is 0 Å². The van der Waals surface area contributed by atoms with E-state index in [1.54, 1.807) is 18.2 Å². The normalized spacial score (nSPS) is 22.4. The number of anilines is 1. The molecule has 0 bridgehead atoms. The van der Waals surface area contributed by atoms with Crippen molar-refractivity contribution in [2.45, 2.75) is 31.5 Å². The summed E-state index contributed by atoms with van der Waals surface area (Å²) in [5.41, 5.74) is 1.39. The van der Waals surface area contributed by atoms with E-state index in [1.807, 2.05) is 6.07 Å². The third-order valence-corrected chi connectivity index (χ3v) is 8.83. The van der Waals surface area contributed by atoms with Crippen LogP contribution in [0.4, 0.5) is 10.2 Å². The summed E-state index contributed by atoms with van der Waals surface area (Å²) in [6.45, 7) is -0.184. The SMILES string of the molecule is O=P(O)(O)CP(=O)(O)OC[C@@H]1C[C@H](F)[C@H](n2cnc3c(NCc4cccc(Cl)c4)nc(Cl)nc32)O1. The van der Waals surface area contributed by atoms with Crippen molar-refractivity contribution in [2.24, 2.45) is 0 Å². The molecule has 1 fully saturated rings. The quantitative estimate of drug-likeness (QED) is 0.219. The number of hydrogen-bond donors (Lipinski definition) is 4. The highest BCUT2D eigenvalue weighted by Gasteiger charge is 2.40. The Bertz CT molecular complexity index is 1330. The van der Waals surface area contributed by atoms with Crippen LogP contribution in [-0.2, 0) is 24.9 Å². The molecule has 17 heteroatoms. The lowest BCUT2D eigenvalue weighted by atomic mass is 10.2. The van der Waals surface area contributed by atoms with Gasteiger partial charge in [-0.1, -0.05) is 23.7 Å². The van der Waals surface area contributed by atoms with Gasteiger partial charge in [0.25, 0.3) is 0 Å². The number of nitrogens with zero attached hydrogens (tertiary/aromatic N) is 4. The largest absolute Gasteiger partial charge is 0.364 e. The summed E-state index contributed by atoms with van der Waals surface area (Å²) in [5.74, 6) is -1.03. The first-order chi connectivity index (χ1) is 16.4. The Hall–Kier alpha value is -1.66. The van der Waals surface area contributed by atoms with Crippen molar-refractivity contribution in [3.8, 4) is 0 Å². The number of nitrogens with one attached hydrogen (secondary N) is 1. The highest BCUT2D eigenvalue weighted by Crippen LogP contribution is 2.55. The number of aromatic nitrogens is 4. The first-order valence-electron chi connectivity index (χ1n) is 10.1. The van der Waals surface area contributed by atoms with Gasteiger partial charge < -0.3 is 29.3 Å². The fraction of sp³-hybridized carbons (Fsp3) is 0.389. The molecular weight excluding hydrogens is 550 g/mol. The van der Waals surface area contributed by atoms with Crippen LogP contribution < -0.4 is 5.32 Å². The Morgan fingerprint density at radius 1 is 1.26 bits per heavy atom. The lowest BCUT2D eigenvalue weighted by Gasteiger charge is -2.18. The molecule has 0 amide bonds. The van der Waals surface area contributed by atoms with Crippen molar-refractivity contribution in [2.75, 3.05) is 17.8 Å². The van der Waals surface area contributed by atoms with Gasteiger partial charge in [-0.3, -0.25) is 13.7 Å². The van der Waals surface area contributed by atoms with E-state index in [1.165, 1.54) is 10.9 Å². The molecule has 1 aromatic carbocycles. The molecule has 3 aromatic rings. The Labute approximate surface area is 208 Å². The van der Waals surface area contributed by atoms with E-state index >= 15 is 0 Å². The molecule has 1 aliphatic heterocycles. The first kappa shape index (κ1) is 26.4. The Morgan fingerprint density at radius 3 is 2.74 bits per heavy atom. The summed E-state index contributed by atoms with van der Waals surface area (Å²) in [7, 11) is -9.38. The zero-order valence-electron chi connectivity index (χ0n) is 17.7. The second-order valence-electron chi connectivity index (χ2n) is 7.79. The van der Waals surface area contributed by atoms with E-state index in [-0.39, 0.29) is 17.4 Å². The number of imidazole rings is 1. The molecule has 2 aromatic heterocycles. The predicted molar refractivity (Wildman–Crippen MR) is 125 cm³/mol. The van der Waals surface area contributed by atoms with Gasteiger partial charge in [0.2, 0.25) is 5.28 Å². The molecule has 190 valence electrons. The van der Waals surface area contributed by atoms with E-state index in [9.17, 15) is 18.4 Å². The van der Waals surface area contributed by atoms with Crippen LogP contribution in [0.25, 0.3) is 11.2 Å². The Balaban J connectivity index is 1.49. The third-order valence-electron chi connectivity index (χ3n) is 4.97. The van der Waals surface area contributed by atoms with Gasteiger partial charge in [-0.15, -0.1) is 0 Å². The number of rotatable bonds is 9. The summed E-state index contributed by atoms with van der Waals surface area (Å²) in [4.78, 5) is 39.9. The van der Waals surface area contributed by atoms with Crippen LogP contribution in [0.1, 0.15) is 18.2 Å². The predicted octanol–water partition coefficient (Wildman–Crippen LogP) is 3.71. The van der Waals surface area contributed by atoms with Crippen LogP contribution in [0.15, 0.2) is 30.6 Å². The zero-order valence-corrected chi connectivity index (χ0v) is 21.0. The summed E-state index contributed by atoms with van der Waals surface area (Å²) in [5, 5.41) is 3.57. The maximum absolute atomic E-state index is 14.8. The molecule has 12 nitrogen and oxygen atoms in total. The van der Waals surface area contributed by atoms with Gasteiger partial charge >= 0.3 is 15.2 Å². The highest BCUT2D eigenvalue weighted by molar-refractivity contribution is 7.70. The van der Waals surface area contributed by atoms with Crippen LogP contribution in [0, 0.1) is 0 Å². The summed E-state index contributed by atoms with van der Waals surface area (Å²) in [6, 6.07) is 7.19. The fourth-order valence-corrected chi connectivity index (χ4v) is 6.52. The minimum Gasteiger partial charge on any atom is -0.364 e. The van der Waals surface area contributed by atoms with Crippen molar-refractivity contribution in [3.05, 3.63) is 46.5 Å². The van der Waals surface area contributed by atoms with E-state index in [0.29, 0.717) is 22.9 Å². The molecule has 35 heavy (non-hydrogen) atoms. The van der Waals surface area contributed by atoms with Crippen molar-refractivity contribution >= 4 is 55.4 Å². The molecule has 0 radical (unpaired) electrons. The van der Waals surface area contributed by atoms with Crippen LogP contribution >= 0.6 is 38.4 Å². The average molecular weight is 570 g/mol. The van der Waals surface area contributed by atoms with Gasteiger partial charge in [-0.2, -0.15) is 9.97 Å². The average Bonchev–Trinajstić information content (AvgIpc) is 3.32. The number of hydrogen-bond acceptors (Lipinski definition) is 8. The smallest absolute Gasteiger partial charge is 0.340 e. The summed E-state index contributed by atoms with van der Waals surface area (Å²) < 4.78 is 49.4. The number of fused-ring (bicyclic) bond motifs is 1. The summed E-state index contributed by atoms with van der Waals surface area (Å²) in [6.07, 6.45) is -2.59. The van der Waals surface area contributed by atoms with Crippen molar-refractivity contribution < 1.29 is 37.5 Å².